The molecular weight excluding hydrogens is 224 g/mol. The van der Waals surface area contributed by atoms with E-state index in [0.717, 1.165) is 5.56 Å². The third-order valence-electron chi connectivity index (χ3n) is 3.01. The number of benzene rings is 1. The summed E-state index contributed by atoms with van der Waals surface area (Å²) in [5.74, 6) is -0.157. The lowest BCUT2D eigenvalue weighted by Gasteiger charge is -2.15. The van der Waals surface area contributed by atoms with E-state index in [1.807, 2.05) is 0 Å². The zero-order chi connectivity index (χ0) is 12.6. The topological polar surface area (TPSA) is 76.0 Å². The minimum absolute atomic E-state index is 0.128. The van der Waals surface area contributed by atoms with Gasteiger partial charge in [0, 0.05) is 24.2 Å². The number of esters is 1. The van der Waals surface area contributed by atoms with E-state index in [4.69, 9.17) is 14.6 Å². The predicted octanol–water partition coefficient (Wildman–Crippen LogP) is 0.914. The monoisotopic (exact) mass is 238 g/mol. The highest BCUT2D eigenvalue weighted by Crippen LogP contribution is 2.41. The van der Waals surface area contributed by atoms with E-state index >= 15 is 0 Å². The van der Waals surface area contributed by atoms with Crippen molar-refractivity contribution in [2.75, 3.05) is 13.7 Å². The molecule has 1 aromatic rings. The average Bonchev–Trinajstić information content (AvgIpc) is 2.69. The fourth-order valence-electron chi connectivity index (χ4n) is 2.18. The zero-order valence-corrected chi connectivity index (χ0v) is 9.74. The SMILES string of the molecule is COc1c(C)c2c(c(O)c1CCO)C(=O)OC2. The molecule has 5 nitrogen and oxygen atoms in total. The van der Waals surface area contributed by atoms with Gasteiger partial charge in [0.05, 0.1) is 7.11 Å². The van der Waals surface area contributed by atoms with Crippen LogP contribution in [-0.2, 0) is 17.8 Å². The van der Waals surface area contributed by atoms with E-state index in [-0.39, 0.29) is 30.9 Å². The molecule has 0 unspecified atom stereocenters. The quantitative estimate of drug-likeness (QED) is 0.765. The summed E-state index contributed by atoms with van der Waals surface area (Å²) in [5, 5.41) is 19.0. The molecule has 0 amide bonds. The molecule has 0 fully saturated rings. The van der Waals surface area contributed by atoms with Crippen LogP contribution in [0.2, 0.25) is 0 Å². The minimum Gasteiger partial charge on any atom is -0.507 e. The number of hydrogen-bond acceptors (Lipinski definition) is 5. The highest BCUT2D eigenvalue weighted by Gasteiger charge is 2.31. The number of carbonyl (C=O) groups is 1. The Hall–Kier alpha value is -1.75. The van der Waals surface area contributed by atoms with Crippen molar-refractivity contribution in [2.45, 2.75) is 20.0 Å². The molecule has 0 aromatic heterocycles. The Balaban J connectivity index is 2.72. The van der Waals surface area contributed by atoms with Crippen LogP contribution in [0.4, 0.5) is 0 Å². The average molecular weight is 238 g/mol. The number of aliphatic hydroxyl groups excluding tert-OH is 1. The number of rotatable bonds is 3. The Morgan fingerprint density at radius 3 is 2.76 bits per heavy atom. The van der Waals surface area contributed by atoms with Gasteiger partial charge in [-0.2, -0.15) is 0 Å². The van der Waals surface area contributed by atoms with Gasteiger partial charge in [-0.25, -0.2) is 4.79 Å². The number of methoxy groups -OCH3 is 1. The lowest BCUT2D eigenvalue weighted by molar-refractivity contribution is 0.0533. The van der Waals surface area contributed by atoms with E-state index in [9.17, 15) is 9.90 Å². The zero-order valence-electron chi connectivity index (χ0n) is 9.74. The second kappa shape index (κ2) is 4.25. The van der Waals surface area contributed by atoms with Crippen LogP contribution in [0.1, 0.15) is 27.0 Å². The Kier molecular flexibility index (Phi) is 2.93. The summed E-state index contributed by atoms with van der Waals surface area (Å²) >= 11 is 0. The third-order valence-corrected chi connectivity index (χ3v) is 3.01. The molecule has 0 saturated heterocycles. The molecule has 0 bridgehead atoms. The number of phenolic OH excluding ortho intramolecular Hbond substituents is 1. The van der Waals surface area contributed by atoms with E-state index in [1.165, 1.54) is 7.11 Å². The molecule has 5 heteroatoms. The van der Waals surface area contributed by atoms with Gasteiger partial charge in [-0.3, -0.25) is 0 Å². The number of ether oxygens (including phenoxy) is 2. The maximum atomic E-state index is 11.5. The third kappa shape index (κ3) is 1.63. The molecule has 0 radical (unpaired) electrons. The van der Waals surface area contributed by atoms with Crippen LogP contribution in [0, 0.1) is 6.92 Å². The van der Waals surface area contributed by atoms with Crippen molar-refractivity contribution < 1.29 is 24.5 Å². The standard InChI is InChI=1S/C12H14O5/c1-6-8-5-17-12(15)9(8)10(14)7(3-4-13)11(6)16-2/h13-14H,3-5H2,1-2H3. The second-order valence-electron chi connectivity index (χ2n) is 3.89. The van der Waals surface area contributed by atoms with Crippen molar-refractivity contribution >= 4 is 5.97 Å². The van der Waals surface area contributed by atoms with Crippen LogP contribution in [-0.4, -0.2) is 29.9 Å². The lowest BCUT2D eigenvalue weighted by atomic mass is 9.95. The summed E-state index contributed by atoms with van der Waals surface area (Å²) in [7, 11) is 1.49. The number of cyclic esters (lactones) is 1. The first-order valence-electron chi connectivity index (χ1n) is 5.31. The van der Waals surface area contributed by atoms with Gasteiger partial charge in [0.2, 0.25) is 0 Å². The van der Waals surface area contributed by atoms with E-state index in [0.29, 0.717) is 16.9 Å². The van der Waals surface area contributed by atoms with Gasteiger partial charge in [0.15, 0.2) is 0 Å². The number of phenols is 1. The highest BCUT2D eigenvalue weighted by molar-refractivity contribution is 5.98. The van der Waals surface area contributed by atoms with Crippen LogP contribution in [0.5, 0.6) is 11.5 Å². The highest BCUT2D eigenvalue weighted by atomic mass is 16.5. The van der Waals surface area contributed by atoms with Gasteiger partial charge in [-0.1, -0.05) is 0 Å². The summed E-state index contributed by atoms with van der Waals surface area (Å²) in [5.41, 5.74) is 2.08. The molecule has 17 heavy (non-hydrogen) atoms. The molecular formula is C12H14O5. The molecule has 1 aliphatic rings. The fraction of sp³-hybridized carbons (Fsp3) is 0.417. The summed E-state index contributed by atoms with van der Waals surface area (Å²) in [6, 6.07) is 0. The fourth-order valence-corrected chi connectivity index (χ4v) is 2.18. The summed E-state index contributed by atoms with van der Waals surface area (Å²) in [6.07, 6.45) is 0.233. The number of hydrogen-bond donors (Lipinski definition) is 2. The Morgan fingerprint density at radius 2 is 2.18 bits per heavy atom. The van der Waals surface area contributed by atoms with Gasteiger partial charge >= 0.3 is 5.97 Å². The van der Waals surface area contributed by atoms with Gasteiger partial charge in [-0.15, -0.1) is 0 Å². The summed E-state index contributed by atoms with van der Waals surface area (Å²) < 4.78 is 10.1. The van der Waals surface area contributed by atoms with Crippen LogP contribution < -0.4 is 4.74 Å². The predicted molar refractivity (Wildman–Crippen MR) is 59.3 cm³/mol. The van der Waals surface area contributed by atoms with Gasteiger partial charge < -0.3 is 19.7 Å². The van der Waals surface area contributed by atoms with Crippen LogP contribution in [0.25, 0.3) is 0 Å². The maximum Gasteiger partial charge on any atom is 0.342 e. The largest absolute Gasteiger partial charge is 0.507 e. The molecule has 92 valence electrons. The van der Waals surface area contributed by atoms with Crippen molar-refractivity contribution in [2.24, 2.45) is 0 Å². The molecule has 0 aliphatic carbocycles. The molecule has 0 atom stereocenters. The lowest BCUT2D eigenvalue weighted by Crippen LogP contribution is -2.04. The summed E-state index contributed by atoms with van der Waals surface area (Å²) in [4.78, 5) is 11.5. The molecule has 0 spiro atoms. The molecule has 1 aromatic carbocycles. The molecule has 0 saturated carbocycles. The first kappa shape index (κ1) is 11.7. The van der Waals surface area contributed by atoms with Gasteiger partial charge in [0.1, 0.15) is 23.7 Å². The molecule has 1 aliphatic heterocycles. The Morgan fingerprint density at radius 1 is 1.47 bits per heavy atom. The van der Waals surface area contributed by atoms with Crippen LogP contribution >= 0.6 is 0 Å². The van der Waals surface area contributed by atoms with E-state index in [2.05, 4.69) is 0 Å². The molecule has 2 rings (SSSR count). The second-order valence-corrected chi connectivity index (χ2v) is 3.89. The molecule has 2 N–H and O–H groups in total. The number of aliphatic hydroxyl groups is 1. The minimum atomic E-state index is -0.526. The van der Waals surface area contributed by atoms with Crippen molar-refractivity contribution in [1.82, 2.24) is 0 Å². The Labute approximate surface area is 98.6 Å². The normalized spacial score (nSPS) is 13.5. The first-order chi connectivity index (χ1) is 8.11. The smallest absolute Gasteiger partial charge is 0.342 e. The molecule has 1 heterocycles. The maximum absolute atomic E-state index is 11.5. The Bertz CT molecular complexity index is 479. The van der Waals surface area contributed by atoms with Gasteiger partial charge in [0.25, 0.3) is 0 Å². The number of aromatic hydroxyl groups is 1. The number of carbonyl (C=O) groups excluding carboxylic acids is 1. The van der Waals surface area contributed by atoms with Crippen molar-refractivity contribution in [3.63, 3.8) is 0 Å². The summed E-state index contributed by atoms with van der Waals surface area (Å²) in [6.45, 7) is 1.83. The van der Waals surface area contributed by atoms with E-state index in [1.54, 1.807) is 6.92 Å². The van der Waals surface area contributed by atoms with Crippen molar-refractivity contribution in [1.29, 1.82) is 0 Å². The van der Waals surface area contributed by atoms with Crippen LogP contribution in [0.15, 0.2) is 0 Å². The van der Waals surface area contributed by atoms with Gasteiger partial charge in [-0.05, 0) is 12.5 Å². The van der Waals surface area contributed by atoms with Crippen molar-refractivity contribution in [3.05, 3.63) is 22.3 Å². The van der Waals surface area contributed by atoms with E-state index < -0.39 is 5.97 Å². The van der Waals surface area contributed by atoms with Crippen molar-refractivity contribution in [3.8, 4) is 11.5 Å². The van der Waals surface area contributed by atoms with Crippen LogP contribution in [0.3, 0.4) is 0 Å². The first-order valence-corrected chi connectivity index (χ1v) is 5.31. The number of fused-ring (bicyclic) bond motifs is 1.